The number of nitrogens with zero attached hydrogens (tertiary/aromatic N) is 2. The maximum absolute atomic E-state index is 12.9. The van der Waals surface area contributed by atoms with Gasteiger partial charge in [0.2, 0.25) is 12.7 Å². The summed E-state index contributed by atoms with van der Waals surface area (Å²) in [5, 5.41) is 8.73. The smallest absolute Gasteiger partial charge is 0.274 e. The molecule has 0 aliphatic carbocycles. The molecular formula is C24H25N3O5. The number of hydrogen-bond acceptors (Lipinski definition) is 6. The molecule has 2 aromatic carbocycles. The number of benzene rings is 2. The fraction of sp³-hybridized carbons (Fsp3) is 0.375. The summed E-state index contributed by atoms with van der Waals surface area (Å²) in [7, 11) is 1.60. The van der Waals surface area contributed by atoms with Crippen molar-refractivity contribution in [2.75, 3.05) is 26.6 Å². The molecule has 0 radical (unpaired) electrons. The molecule has 0 unspecified atom stereocenters. The first kappa shape index (κ1) is 20.5. The Bertz CT molecular complexity index is 1230. The Hall–Kier alpha value is -3.39. The van der Waals surface area contributed by atoms with Crippen molar-refractivity contribution in [1.29, 1.82) is 0 Å². The normalized spacial score (nSPS) is 16.8. The molecule has 1 N–H and O–H groups in total. The van der Waals surface area contributed by atoms with Crippen LogP contribution < -0.4 is 20.3 Å². The van der Waals surface area contributed by atoms with E-state index in [0.717, 1.165) is 29.9 Å². The SMILES string of the molecule is Cn1nc(CC(=O)NCC2(c3ccc4c(c3)OCO4)CCOCC2)c2ccccc2c1=O. The molecule has 1 amide bonds. The third kappa shape index (κ3) is 3.71. The highest BCUT2D eigenvalue weighted by Crippen LogP contribution is 2.40. The predicted octanol–water partition coefficient (Wildman–Crippen LogP) is 2.07. The summed E-state index contributed by atoms with van der Waals surface area (Å²) in [5.74, 6) is 1.35. The van der Waals surface area contributed by atoms with E-state index < -0.39 is 0 Å². The molecule has 0 bridgehead atoms. The van der Waals surface area contributed by atoms with Crippen LogP contribution in [-0.4, -0.2) is 42.2 Å². The van der Waals surface area contributed by atoms with Gasteiger partial charge in [-0.2, -0.15) is 5.10 Å². The Kier molecular flexibility index (Phi) is 5.30. The standard InChI is InChI=1S/C24H25N3O5/c1-27-23(29)18-5-3-2-4-17(18)19(26-27)13-22(28)25-14-24(8-10-30-11-9-24)16-6-7-20-21(12-16)32-15-31-20/h2-7,12H,8-11,13-15H2,1H3,(H,25,28). The number of carbonyl (C=O) groups is 1. The predicted molar refractivity (Wildman–Crippen MR) is 118 cm³/mol. The lowest BCUT2D eigenvalue weighted by Gasteiger charge is -2.38. The first-order chi connectivity index (χ1) is 15.6. The van der Waals surface area contributed by atoms with Gasteiger partial charge in [0, 0.05) is 37.6 Å². The molecule has 32 heavy (non-hydrogen) atoms. The number of fused-ring (bicyclic) bond motifs is 2. The van der Waals surface area contributed by atoms with Crippen molar-refractivity contribution in [1.82, 2.24) is 15.1 Å². The van der Waals surface area contributed by atoms with Crippen LogP contribution in [-0.2, 0) is 28.4 Å². The number of aryl methyl sites for hydroxylation is 1. The molecule has 1 saturated heterocycles. The molecule has 166 valence electrons. The van der Waals surface area contributed by atoms with Crippen molar-refractivity contribution < 1.29 is 19.0 Å². The summed E-state index contributed by atoms with van der Waals surface area (Å²) in [4.78, 5) is 25.3. The zero-order valence-electron chi connectivity index (χ0n) is 17.9. The second kappa shape index (κ2) is 8.27. The van der Waals surface area contributed by atoms with Gasteiger partial charge >= 0.3 is 0 Å². The van der Waals surface area contributed by atoms with Crippen LogP contribution in [0.1, 0.15) is 24.1 Å². The third-order valence-corrected chi connectivity index (χ3v) is 6.42. The first-order valence-corrected chi connectivity index (χ1v) is 10.8. The summed E-state index contributed by atoms with van der Waals surface area (Å²) in [6.45, 7) is 1.99. The van der Waals surface area contributed by atoms with Crippen LogP contribution in [0.2, 0.25) is 0 Å². The zero-order chi connectivity index (χ0) is 22.1. The Morgan fingerprint density at radius 1 is 1.09 bits per heavy atom. The van der Waals surface area contributed by atoms with E-state index in [1.807, 2.05) is 36.4 Å². The lowest BCUT2D eigenvalue weighted by Crippen LogP contribution is -2.45. The van der Waals surface area contributed by atoms with E-state index in [-0.39, 0.29) is 30.1 Å². The fourth-order valence-corrected chi connectivity index (χ4v) is 4.54. The van der Waals surface area contributed by atoms with Gasteiger partial charge in [0.25, 0.3) is 5.56 Å². The lowest BCUT2D eigenvalue weighted by atomic mass is 9.74. The fourth-order valence-electron chi connectivity index (χ4n) is 4.54. The van der Waals surface area contributed by atoms with Gasteiger partial charge in [0.1, 0.15) is 0 Å². The molecule has 0 atom stereocenters. The van der Waals surface area contributed by atoms with Crippen LogP contribution in [0.4, 0.5) is 0 Å². The summed E-state index contributed by atoms with van der Waals surface area (Å²) in [6, 6.07) is 13.2. The molecule has 2 aliphatic rings. The van der Waals surface area contributed by atoms with E-state index in [4.69, 9.17) is 14.2 Å². The number of hydrogen-bond donors (Lipinski definition) is 1. The Balaban J connectivity index is 1.37. The van der Waals surface area contributed by atoms with E-state index in [0.29, 0.717) is 36.2 Å². The van der Waals surface area contributed by atoms with Crippen molar-refractivity contribution in [3.63, 3.8) is 0 Å². The summed E-state index contributed by atoms with van der Waals surface area (Å²) in [6.07, 6.45) is 1.70. The second-order valence-corrected chi connectivity index (χ2v) is 8.34. The van der Waals surface area contributed by atoms with Crippen LogP contribution in [0.25, 0.3) is 10.8 Å². The topological polar surface area (TPSA) is 91.7 Å². The largest absolute Gasteiger partial charge is 0.454 e. The van der Waals surface area contributed by atoms with E-state index in [1.165, 1.54) is 4.68 Å². The molecule has 8 nitrogen and oxygen atoms in total. The summed E-state index contributed by atoms with van der Waals surface area (Å²) >= 11 is 0. The van der Waals surface area contributed by atoms with E-state index in [2.05, 4.69) is 10.4 Å². The van der Waals surface area contributed by atoms with E-state index >= 15 is 0 Å². The highest BCUT2D eigenvalue weighted by Gasteiger charge is 2.36. The third-order valence-electron chi connectivity index (χ3n) is 6.42. The van der Waals surface area contributed by atoms with Gasteiger partial charge in [-0.3, -0.25) is 9.59 Å². The minimum absolute atomic E-state index is 0.0996. The van der Waals surface area contributed by atoms with Crippen LogP contribution in [0.5, 0.6) is 11.5 Å². The van der Waals surface area contributed by atoms with Crippen molar-refractivity contribution >= 4 is 16.7 Å². The Morgan fingerprint density at radius 3 is 2.66 bits per heavy atom. The highest BCUT2D eigenvalue weighted by molar-refractivity contribution is 5.88. The monoisotopic (exact) mass is 435 g/mol. The molecule has 3 aromatic rings. The first-order valence-electron chi connectivity index (χ1n) is 10.8. The van der Waals surface area contributed by atoms with Crippen molar-refractivity contribution in [3.8, 4) is 11.5 Å². The van der Waals surface area contributed by atoms with E-state index in [1.54, 1.807) is 13.1 Å². The van der Waals surface area contributed by atoms with Crippen molar-refractivity contribution in [3.05, 3.63) is 64.1 Å². The molecule has 0 saturated carbocycles. The van der Waals surface area contributed by atoms with Gasteiger partial charge in [0.05, 0.1) is 17.5 Å². The van der Waals surface area contributed by atoms with Crippen LogP contribution in [0, 0.1) is 0 Å². The quantitative estimate of drug-likeness (QED) is 0.660. The molecule has 1 fully saturated rings. The maximum atomic E-state index is 12.9. The van der Waals surface area contributed by atoms with Crippen molar-refractivity contribution in [2.24, 2.45) is 7.05 Å². The van der Waals surface area contributed by atoms with Gasteiger partial charge in [-0.25, -0.2) is 4.68 Å². The number of amides is 1. The second-order valence-electron chi connectivity index (χ2n) is 8.34. The molecule has 5 rings (SSSR count). The number of carbonyl (C=O) groups excluding carboxylic acids is 1. The average molecular weight is 435 g/mol. The number of rotatable bonds is 5. The maximum Gasteiger partial charge on any atom is 0.274 e. The van der Waals surface area contributed by atoms with Gasteiger partial charge in [0.15, 0.2) is 11.5 Å². The minimum atomic E-state index is -0.242. The molecule has 1 aromatic heterocycles. The molecule has 3 heterocycles. The zero-order valence-corrected chi connectivity index (χ0v) is 17.9. The highest BCUT2D eigenvalue weighted by atomic mass is 16.7. The minimum Gasteiger partial charge on any atom is -0.454 e. The molecular weight excluding hydrogens is 410 g/mol. The Labute approximate surface area is 185 Å². The summed E-state index contributed by atoms with van der Waals surface area (Å²) < 4.78 is 17.9. The molecule has 8 heteroatoms. The molecule has 2 aliphatic heterocycles. The molecule has 0 spiro atoms. The number of nitrogens with one attached hydrogen (secondary N) is 1. The van der Waals surface area contributed by atoms with Crippen LogP contribution in [0.3, 0.4) is 0 Å². The van der Waals surface area contributed by atoms with Gasteiger partial charge in [-0.05, 0) is 36.6 Å². The van der Waals surface area contributed by atoms with Gasteiger partial charge in [-0.1, -0.05) is 24.3 Å². The van der Waals surface area contributed by atoms with Crippen LogP contribution in [0.15, 0.2) is 47.3 Å². The van der Waals surface area contributed by atoms with Crippen LogP contribution >= 0.6 is 0 Å². The van der Waals surface area contributed by atoms with Gasteiger partial charge < -0.3 is 19.5 Å². The number of aromatic nitrogens is 2. The van der Waals surface area contributed by atoms with Crippen molar-refractivity contribution in [2.45, 2.75) is 24.7 Å². The lowest BCUT2D eigenvalue weighted by molar-refractivity contribution is -0.121. The summed E-state index contributed by atoms with van der Waals surface area (Å²) in [5.41, 5.74) is 1.28. The number of ether oxygens (including phenoxy) is 3. The van der Waals surface area contributed by atoms with Gasteiger partial charge in [-0.15, -0.1) is 0 Å². The average Bonchev–Trinajstić information content (AvgIpc) is 3.30. The van der Waals surface area contributed by atoms with E-state index in [9.17, 15) is 9.59 Å². The Morgan fingerprint density at radius 2 is 1.84 bits per heavy atom.